The lowest BCUT2D eigenvalue weighted by Gasteiger charge is -2.33. The van der Waals surface area contributed by atoms with Crippen LogP contribution >= 0.6 is 0 Å². The number of carbonyl (C=O) groups excluding carboxylic acids is 6. The van der Waals surface area contributed by atoms with Gasteiger partial charge in [-0.2, -0.15) is 0 Å². The van der Waals surface area contributed by atoms with Gasteiger partial charge >= 0.3 is 35.8 Å². The summed E-state index contributed by atoms with van der Waals surface area (Å²) >= 11 is 0. The number of anilines is 6. The van der Waals surface area contributed by atoms with Crippen molar-refractivity contribution < 1.29 is 85.6 Å². The molecular weight excluding hydrogens is 1850 g/mol. The van der Waals surface area contributed by atoms with E-state index in [9.17, 15) is 28.8 Å². The van der Waals surface area contributed by atoms with Gasteiger partial charge in [-0.1, -0.05) is 218 Å². The number of nitrogens with two attached hydrogens (primary N) is 6. The Labute approximate surface area is 880 Å². The summed E-state index contributed by atoms with van der Waals surface area (Å²) in [5.74, 6) is 3.63. The van der Waals surface area contributed by atoms with Crippen molar-refractivity contribution >= 4 is 69.9 Å². The molecule has 6 unspecified atom stereocenters. The van der Waals surface area contributed by atoms with E-state index >= 15 is 0 Å². The molecule has 6 rings (SSSR count). The Hall–Kier alpha value is -10.5. The fourth-order valence-electron chi connectivity index (χ4n) is 16.3. The van der Waals surface area contributed by atoms with Crippen LogP contribution in [-0.4, -0.2) is 261 Å². The van der Waals surface area contributed by atoms with Gasteiger partial charge in [0.15, 0.2) is 0 Å². The fraction of sp³-hybridized carbons (Fsp3) is 0.638. The molecule has 6 aromatic carbocycles. The van der Waals surface area contributed by atoms with Gasteiger partial charge in [-0.15, -0.1) is 0 Å². The minimum absolute atomic E-state index is 0.192. The van der Waals surface area contributed by atoms with Crippen LogP contribution in [0.4, 0.5) is 34.1 Å². The van der Waals surface area contributed by atoms with E-state index in [4.69, 9.17) is 91.2 Å². The summed E-state index contributed by atoms with van der Waals surface area (Å²) < 4.78 is 67.2. The lowest BCUT2D eigenvalue weighted by atomic mass is 9.98. The van der Waals surface area contributed by atoms with E-state index in [1.807, 2.05) is 55.9 Å². The van der Waals surface area contributed by atoms with Crippen LogP contribution in [0.25, 0.3) is 0 Å². The first-order chi connectivity index (χ1) is 69.7. The molecule has 0 radical (unpaired) electrons. The minimum atomic E-state index is -0.369. The Kier molecular flexibility index (Phi) is 69.6. The number of nitrogen functional groups attached to an aromatic ring is 6. The number of nitrogens with zero attached hydrogens (tertiary/aromatic N) is 6. The van der Waals surface area contributed by atoms with Crippen molar-refractivity contribution in [3.8, 4) is 34.5 Å². The van der Waals surface area contributed by atoms with Crippen molar-refractivity contribution in [3.05, 3.63) is 143 Å². The molecule has 12 atom stereocenters. The summed E-state index contributed by atoms with van der Waals surface area (Å²) in [5.41, 5.74) is 41.0. The number of likely N-dealkylation sites (N-methyl/N-ethyl adjacent to an activating group) is 6. The smallest absolute Gasteiger partial charge is 0.341 e. The summed E-state index contributed by atoms with van der Waals surface area (Å²) in [5, 5.41) is 0. The highest BCUT2D eigenvalue weighted by atomic mass is 16.6. The molecule has 30 nitrogen and oxygen atoms in total. The van der Waals surface area contributed by atoms with E-state index in [0.717, 1.165) is 129 Å². The highest BCUT2D eigenvalue weighted by molar-refractivity contribution is 5.96. The molecule has 30 heteroatoms. The van der Waals surface area contributed by atoms with Crippen molar-refractivity contribution in [2.24, 2.45) is 35.5 Å². The van der Waals surface area contributed by atoms with Crippen LogP contribution in [0.1, 0.15) is 319 Å². The highest BCUT2D eigenvalue weighted by Crippen LogP contribution is 2.32. The number of hydrogen-bond donors (Lipinski definition) is 6. The first-order valence-corrected chi connectivity index (χ1v) is 54.2. The molecule has 0 heterocycles. The topological polar surface area (TPSA) is 389 Å². The standard InChI is InChI=1S/C21H36N2O3.C20H34N2O3.3C19H32N2O3.C18H30N2O3/c1-6-10-13-25-20-14-17(11-12-18(20)22)21(24)26-15-19(16(5)7-2)23(8-3)9-4;1-6-12-24-19-13-16(21)10-11-17(19)20(23)25-14-18(15(5)7-2)22(8-3)9-4;1-6-8-11-23-18-12-15(20)9-10-16(18)19(22)24-13-17(21(4)5)14(3)7-2;1-6-14(5)17(21(7-2)8-3)13-24-19(22)16-11-10-15(20)12-18(16)23-9-4;1-6-14(5)17(21(7-2)8-3)13-24-19(22)15-10-11-16(20)18(12-15)23-9-4;1-6-10-22-17-11-14(19)8-9-15(17)18(21)23-12-16(20(4)5)13(3)7-2/h11-12,14,16,19H,6-10,13,15,22H2,1-5H3;10-11,13,15,18H,6-9,12,14,21H2,1-5H3;9-10,12,14,17H,6-8,11,13,20H2,1-5H3;2*10-12,14,17H,6-9,13,20H2,1-5H3;8-9,11,13,16H,6-7,10,12,19H2,1-5H3/t16?,19-;15?,18-;3*14?,17-;13?,16-/m111111/s1. The van der Waals surface area contributed by atoms with Gasteiger partial charge in [0.1, 0.15) is 96.4 Å². The molecule has 0 aliphatic carbocycles. The largest absolute Gasteiger partial charge is 0.493 e. The lowest BCUT2D eigenvalue weighted by Crippen LogP contribution is -2.43. The number of ether oxygens (including phenoxy) is 12. The van der Waals surface area contributed by atoms with Gasteiger partial charge in [0.05, 0.1) is 62.1 Å². The molecule has 0 spiro atoms. The van der Waals surface area contributed by atoms with E-state index in [1.54, 1.807) is 109 Å². The van der Waals surface area contributed by atoms with Gasteiger partial charge in [-0.05, 0) is 241 Å². The van der Waals surface area contributed by atoms with Gasteiger partial charge in [-0.25, -0.2) is 28.8 Å². The van der Waals surface area contributed by atoms with E-state index in [0.29, 0.717) is 217 Å². The van der Waals surface area contributed by atoms with Crippen LogP contribution in [0, 0.1) is 35.5 Å². The van der Waals surface area contributed by atoms with Crippen LogP contribution in [0.3, 0.4) is 0 Å². The predicted molar refractivity (Wildman–Crippen MR) is 600 cm³/mol. The van der Waals surface area contributed by atoms with Crippen LogP contribution in [0.15, 0.2) is 109 Å². The number of carbonyl (C=O) groups is 6. The SMILES string of the molecule is CCCCOc1cc(C(=O)OC[C@H](C(C)CC)N(CC)CC)ccc1N.CCCCOc1cc(N)ccc1C(=O)OC[C@H](C(C)CC)N(C)C.CCCOc1cc(N)ccc1C(=O)OC[C@H](C(C)CC)N(C)C.CCCOc1cc(N)ccc1C(=O)OC[C@H](C(C)CC)N(CC)CC.CCOc1cc(C(=O)OC[C@H](C(C)CC)N(CC)CC)ccc1N.CCOc1cc(N)ccc1C(=O)OC[C@H](C(C)CC)N(CC)CC. The Morgan fingerprint density at radius 2 is 0.459 bits per heavy atom. The molecule has 146 heavy (non-hydrogen) atoms. The van der Waals surface area contributed by atoms with Gasteiger partial charge in [-0.3, -0.25) is 19.6 Å². The quantitative estimate of drug-likeness (QED) is 0.00894. The Morgan fingerprint density at radius 3 is 0.685 bits per heavy atom. The van der Waals surface area contributed by atoms with E-state index in [-0.39, 0.29) is 72.1 Å². The van der Waals surface area contributed by atoms with Crippen LogP contribution in [0.2, 0.25) is 0 Å². The van der Waals surface area contributed by atoms with Crippen molar-refractivity contribution in [2.75, 3.05) is 194 Å². The average Bonchev–Trinajstić information content (AvgIpc) is 0.845. The predicted octanol–water partition coefficient (Wildman–Crippen LogP) is 22.3. The summed E-state index contributed by atoms with van der Waals surface area (Å²) in [4.78, 5) is 88.5. The van der Waals surface area contributed by atoms with E-state index in [1.165, 1.54) is 0 Å². The van der Waals surface area contributed by atoms with Crippen molar-refractivity contribution in [2.45, 2.75) is 293 Å². The van der Waals surface area contributed by atoms with Gasteiger partial charge in [0.25, 0.3) is 0 Å². The average molecular weight is 2050 g/mol. The number of unbranched alkanes of at least 4 members (excludes halogenated alkanes) is 2. The maximum Gasteiger partial charge on any atom is 0.341 e. The highest BCUT2D eigenvalue weighted by Gasteiger charge is 2.32. The summed E-state index contributed by atoms with van der Waals surface area (Å²) in [6.45, 7) is 68.2. The molecule has 0 amide bonds. The number of benzene rings is 6. The third-order valence-corrected chi connectivity index (χ3v) is 27.0. The zero-order valence-electron chi connectivity index (χ0n) is 95.4. The minimum Gasteiger partial charge on any atom is -0.493 e. The summed E-state index contributed by atoms with van der Waals surface area (Å²) in [6, 6.07) is 31.5. The van der Waals surface area contributed by atoms with Crippen molar-refractivity contribution in [1.29, 1.82) is 0 Å². The Balaban J connectivity index is 0.000000876. The molecule has 0 saturated carbocycles. The molecule has 12 N–H and O–H groups in total. The summed E-state index contributed by atoms with van der Waals surface area (Å²) in [6.07, 6.45) is 11.9. The van der Waals surface area contributed by atoms with Crippen molar-refractivity contribution in [3.63, 3.8) is 0 Å². The second-order valence-corrected chi connectivity index (χ2v) is 37.6. The molecule has 0 saturated heterocycles. The second kappa shape index (κ2) is 76.1. The van der Waals surface area contributed by atoms with Gasteiger partial charge in [0.2, 0.25) is 0 Å². The summed E-state index contributed by atoms with van der Waals surface area (Å²) in [7, 11) is 8.02. The van der Waals surface area contributed by atoms with Crippen LogP contribution in [0.5, 0.6) is 34.5 Å². The Morgan fingerprint density at radius 1 is 0.247 bits per heavy atom. The normalized spacial score (nSPS) is 13.6. The third-order valence-electron chi connectivity index (χ3n) is 27.0. The molecule has 0 aliphatic heterocycles. The maximum absolute atomic E-state index is 12.6. The van der Waals surface area contributed by atoms with Crippen LogP contribution < -0.4 is 62.8 Å². The molecular formula is C116H196N12O18. The molecule has 0 aliphatic rings. The monoisotopic (exact) mass is 2050 g/mol. The van der Waals surface area contributed by atoms with Gasteiger partial charge in [0, 0.05) is 83.3 Å². The maximum atomic E-state index is 12.6. The number of rotatable bonds is 62. The zero-order valence-corrected chi connectivity index (χ0v) is 95.4. The second-order valence-electron chi connectivity index (χ2n) is 37.6. The number of esters is 6. The molecule has 0 aromatic heterocycles. The molecule has 0 bridgehead atoms. The van der Waals surface area contributed by atoms with Crippen LogP contribution in [-0.2, 0) is 28.4 Å². The lowest BCUT2D eigenvalue weighted by molar-refractivity contribution is 0.0262. The first kappa shape index (κ1) is 134. The Bertz CT molecular complexity index is 4590. The fourth-order valence-corrected chi connectivity index (χ4v) is 16.3. The van der Waals surface area contributed by atoms with E-state index < -0.39 is 0 Å². The third kappa shape index (κ3) is 47.8. The first-order valence-electron chi connectivity index (χ1n) is 54.2. The molecule has 6 aromatic rings. The van der Waals surface area contributed by atoms with E-state index in [2.05, 4.69) is 182 Å². The van der Waals surface area contributed by atoms with Gasteiger partial charge < -0.3 is 101 Å². The zero-order chi connectivity index (χ0) is 110. The molecule has 828 valence electrons. The number of hydrogen-bond acceptors (Lipinski definition) is 30. The molecule has 0 fully saturated rings. The van der Waals surface area contributed by atoms with Crippen molar-refractivity contribution in [1.82, 2.24) is 29.4 Å².